The maximum Gasteiger partial charge on any atom is 0.221 e. The van der Waals surface area contributed by atoms with Crippen LogP contribution in [-0.4, -0.2) is 24.2 Å². The Kier molecular flexibility index (Phi) is 6.03. The highest BCUT2D eigenvalue weighted by atomic mass is 32.1. The van der Waals surface area contributed by atoms with E-state index in [2.05, 4.69) is 34.3 Å². The number of rotatable bonds is 6. The quantitative estimate of drug-likeness (QED) is 0.680. The lowest BCUT2D eigenvalue weighted by molar-refractivity contribution is -0.114. The Labute approximate surface area is 160 Å². The second-order valence-corrected chi connectivity index (χ2v) is 7.93. The SMILES string of the molecule is COCCn1c(-c2ccc(C)s2)csc1=Nc1cccc(NC(C)=O)c1. The number of ether oxygens (including phenoxy) is 1. The molecule has 0 radical (unpaired) electrons. The molecule has 2 aromatic heterocycles. The van der Waals surface area contributed by atoms with Gasteiger partial charge in [0, 0.05) is 36.5 Å². The van der Waals surface area contributed by atoms with Crippen molar-refractivity contribution in [3.63, 3.8) is 0 Å². The first-order chi connectivity index (χ1) is 12.6. The number of benzene rings is 1. The summed E-state index contributed by atoms with van der Waals surface area (Å²) in [6, 6.07) is 11.8. The van der Waals surface area contributed by atoms with E-state index in [0.29, 0.717) is 6.61 Å². The van der Waals surface area contributed by atoms with Crippen LogP contribution in [0.4, 0.5) is 11.4 Å². The number of methoxy groups -OCH3 is 1. The fourth-order valence-corrected chi connectivity index (χ4v) is 4.47. The van der Waals surface area contributed by atoms with Crippen LogP contribution in [0.15, 0.2) is 46.8 Å². The first kappa shape index (κ1) is 18.6. The van der Waals surface area contributed by atoms with Crippen LogP contribution in [0.25, 0.3) is 10.6 Å². The van der Waals surface area contributed by atoms with Gasteiger partial charge in [-0.1, -0.05) is 6.07 Å². The van der Waals surface area contributed by atoms with Gasteiger partial charge in [0.15, 0.2) is 4.80 Å². The smallest absolute Gasteiger partial charge is 0.221 e. The standard InChI is InChI=1S/C19H21N3O2S2/c1-13-7-8-18(26-13)17-12-25-19(22(17)9-10-24-3)21-16-6-4-5-15(11-16)20-14(2)23/h4-8,11-12H,9-10H2,1-3H3,(H,20,23). The van der Waals surface area contributed by atoms with Crippen molar-refractivity contribution in [2.24, 2.45) is 4.99 Å². The van der Waals surface area contributed by atoms with Crippen molar-refractivity contribution < 1.29 is 9.53 Å². The summed E-state index contributed by atoms with van der Waals surface area (Å²) in [5.74, 6) is -0.0937. The van der Waals surface area contributed by atoms with E-state index in [0.717, 1.165) is 28.4 Å². The molecule has 0 spiro atoms. The molecule has 3 rings (SSSR count). The predicted octanol–water partition coefficient (Wildman–Crippen LogP) is 4.42. The minimum absolute atomic E-state index is 0.0937. The van der Waals surface area contributed by atoms with Crippen LogP contribution >= 0.6 is 22.7 Å². The Morgan fingerprint density at radius 1 is 1.31 bits per heavy atom. The number of aryl methyl sites for hydroxylation is 1. The molecule has 0 atom stereocenters. The van der Waals surface area contributed by atoms with Crippen molar-refractivity contribution in [2.75, 3.05) is 19.0 Å². The van der Waals surface area contributed by atoms with E-state index in [-0.39, 0.29) is 5.91 Å². The zero-order valence-corrected chi connectivity index (χ0v) is 16.6. The first-order valence-corrected chi connectivity index (χ1v) is 9.93. The Balaban J connectivity index is 2.02. The highest BCUT2D eigenvalue weighted by Crippen LogP contribution is 2.28. The van der Waals surface area contributed by atoms with E-state index in [4.69, 9.17) is 9.73 Å². The minimum atomic E-state index is -0.0937. The van der Waals surface area contributed by atoms with E-state index in [1.165, 1.54) is 16.7 Å². The van der Waals surface area contributed by atoms with Gasteiger partial charge in [0.25, 0.3) is 0 Å². The fourth-order valence-electron chi connectivity index (χ4n) is 2.55. The number of nitrogens with one attached hydrogen (secondary N) is 1. The van der Waals surface area contributed by atoms with Crippen LogP contribution in [0, 0.1) is 6.92 Å². The topological polar surface area (TPSA) is 55.6 Å². The molecule has 0 aliphatic carbocycles. The molecule has 0 aliphatic rings. The number of thiophene rings is 1. The van der Waals surface area contributed by atoms with Crippen LogP contribution in [-0.2, 0) is 16.1 Å². The number of carbonyl (C=O) groups is 1. The van der Waals surface area contributed by atoms with Crippen LogP contribution in [0.5, 0.6) is 0 Å². The molecule has 3 aromatic rings. The van der Waals surface area contributed by atoms with Crippen molar-refractivity contribution in [1.29, 1.82) is 0 Å². The summed E-state index contributed by atoms with van der Waals surface area (Å²) in [5, 5.41) is 4.93. The second kappa shape index (κ2) is 8.44. The Morgan fingerprint density at radius 2 is 2.15 bits per heavy atom. The van der Waals surface area contributed by atoms with Gasteiger partial charge in [-0.25, -0.2) is 4.99 Å². The summed E-state index contributed by atoms with van der Waals surface area (Å²) in [7, 11) is 1.70. The molecule has 7 heteroatoms. The second-order valence-electron chi connectivity index (χ2n) is 5.80. The van der Waals surface area contributed by atoms with Crippen molar-refractivity contribution in [3.05, 3.63) is 51.5 Å². The first-order valence-electron chi connectivity index (χ1n) is 8.23. The summed E-state index contributed by atoms with van der Waals surface area (Å²) < 4.78 is 7.46. The molecule has 0 saturated carbocycles. The maximum atomic E-state index is 11.3. The predicted molar refractivity (Wildman–Crippen MR) is 108 cm³/mol. The molecule has 1 aromatic carbocycles. The molecule has 136 valence electrons. The third-order valence-electron chi connectivity index (χ3n) is 3.70. The van der Waals surface area contributed by atoms with E-state index < -0.39 is 0 Å². The van der Waals surface area contributed by atoms with Crippen LogP contribution in [0.3, 0.4) is 0 Å². The van der Waals surface area contributed by atoms with Gasteiger partial charge in [-0.05, 0) is 37.3 Å². The zero-order chi connectivity index (χ0) is 18.5. The van der Waals surface area contributed by atoms with Gasteiger partial charge < -0.3 is 14.6 Å². The largest absolute Gasteiger partial charge is 0.383 e. The highest BCUT2D eigenvalue weighted by molar-refractivity contribution is 7.15. The molecule has 26 heavy (non-hydrogen) atoms. The van der Waals surface area contributed by atoms with Gasteiger partial charge >= 0.3 is 0 Å². The molecule has 0 unspecified atom stereocenters. The third kappa shape index (κ3) is 4.49. The molecule has 1 amide bonds. The number of hydrogen-bond donors (Lipinski definition) is 1. The average Bonchev–Trinajstić information content (AvgIpc) is 3.19. The molecule has 0 fully saturated rings. The maximum absolute atomic E-state index is 11.3. The molecule has 5 nitrogen and oxygen atoms in total. The van der Waals surface area contributed by atoms with Crippen LogP contribution in [0.2, 0.25) is 0 Å². The van der Waals surface area contributed by atoms with Gasteiger partial charge in [0.05, 0.1) is 22.9 Å². The number of nitrogens with zero attached hydrogens (tertiary/aromatic N) is 2. The lowest BCUT2D eigenvalue weighted by atomic mass is 10.3. The molecule has 1 N–H and O–H groups in total. The van der Waals surface area contributed by atoms with E-state index in [1.54, 1.807) is 29.8 Å². The summed E-state index contributed by atoms with van der Waals surface area (Å²) in [4.78, 5) is 19.5. The monoisotopic (exact) mass is 387 g/mol. The van der Waals surface area contributed by atoms with Crippen LogP contribution < -0.4 is 10.1 Å². The number of hydrogen-bond acceptors (Lipinski definition) is 5. The van der Waals surface area contributed by atoms with E-state index in [9.17, 15) is 4.79 Å². The Hall–Kier alpha value is -2.22. The Morgan fingerprint density at radius 3 is 2.85 bits per heavy atom. The molecule has 0 saturated heterocycles. The van der Waals surface area contributed by atoms with Crippen LogP contribution in [0.1, 0.15) is 11.8 Å². The lowest BCUT2D eigenvalue weighted by Gasteiger charge is -2.07. The summed E-state index contributed by atoms with van der Waals surface area (Å²) in [6.07, 6.45) is 0. The van der Waals surface area contributed by atoms with Gasteiger partial charge in [0.2, 0.25) is 5.91 Å². The van der Waals surface area contributed by atoms with Crippen molar-refractivity contribution in [2.45, 2.75) is 20.4 Å². The van der Waals surface area contributed by atoms with Gasteiger partial charge in [0.1, 0.15) is 0 Å². The van der Waals surface area contributed by atoms with Gasteiger partial charge in [-0.2, -0.15) is 0 Å². The molecular formula is C19H21N3O2S2. The number of thiazole rings is 1. The summed E-state index contributed by atoms with van der Waals surface area (Å²) in [5.41, 5.74) is 2.70. The Bertz CT molecular complexity index is 969. The number of carbonyl (C=O) groups excluding carboxylic acids is 1. The molecule has 0 aliphatic heterocycles. The average molecular weight is 388 g/mol. The van der Waals surface area contributed by atoms with Crippen molar-refractivity contribution >= 4 is 40.0 Å². The third-order valence-corrected chi connectivity index (χ3v) is 5.59. The highest BCUT2D eigenvalue weighted by Gasteiger charge is 2.10. The molecule has 0 bridgehead atoms. The number of aromatic nitrogens is 1. The number of amides is 1. The fraction of sp³-hybridized carbons (Fsp3) is 0.263. The van der Waals surface area contributed by atoms with Gasteiger partial charge in [-0.3, -0.25) is 4.79 Å². The summed E-state index contributed by atoms with van der Waals surface area (Å²) in [6.45, 7) is 4.96. The van der Waals surface area contributed by atoms with E-state index >= 15 is 0 Å². The minimum Gasteiger partial charge on any atom is -0.383 e. The lowest BCUT2D eigenvalue weighted by Crippen LogP contribution is -2.18. The normalized spacial score (nSPS) is 11.7. The zero-order valence-electron chi connectivity index (χ0n) is 15.0. The van der Waals surface area contributed by atoms with Gasteiger partial charge in [-0.15, -0.1) is 22.7 Å². The van der Waals surface area contributed by atoms with E-state index in [1.807, 2.05) is 24.3 Å². The molecule has 2 heterocycles. The summed E-state index contributed by atoms with van der Waals surface area (Å²) >= 11 is 3.38. The molecular weight excluding hydrogens is 366 g/mol. The van der Waals surface area contributed by atoms with Crippen molar-refractivity contribution in [3.8, 4) is 10.6 Å². The van der Waals surface area contributed by atoms with Crippen molar-refractivity contribution in [1.82, 2.24) is 4.57 Å². The number of anilines is 1.